The van der Waals surface area contributed by atoms with E-state index in [-0.39, 0.29) is 35.4 Å². The maximum Gasteiger partial charge on any atom is 0.248 e. The summed E-state index contributed by atoms with van der Waals surface area (Å²) in [7, 11) is -3.72. The maximum atomic E-state index is 12.5. The normalized spacial score (nSPS) is 20.5. The average Bonchev–Trinajstić information content (AvgIpc) is 2.63. The molecule has 1 aliphatic rings. The van der Waals surface area contributed by atoms with Gasteiger partial charge in [-0.25, -0.2) is 13.1 Å². The molecule has 7 nitrogen and oxygen atoms in total. The molecule has 1 amide bonds. The van der Waals surface area contributed by atoms with Crippen LogP contribution in [0.1, 0.15) is 39.0 Å². The highest BCUT2D eigenvalue weighted by Gasteiger charge is 2.23. The first-order valence-electron chi connectivity index (χ1n) is 9.27. The number of hydrogen-bond donors (Lipinski definition) is 3. The maximum absolute atomic E-state index is 12.5. The van der Waals surface area contributed by atoms with E-state index in [9.17, 15) is 18.0 Å². The van der Waals surface area contributed by atoms with Crippen molar-refractivity contribution in [2.24, 2.45) is 5.92 Å². The summed E-state index contributed by atoms with van der Waals surface area (Å²) in [4.78, 5) is 26.2. The van der Waals surface area contributed by atoms with Gasteiger partial charge in [0.15, 0.2) is 0 Å². The molecule has 1 heterocycles. The molecule has 0 bridgehead atoms. The molecule has 0 spiro atoms. The minimum absolute atomic E-state index is 0.0406. The van der Waals surface area contributed by atoms with Crippen molar-refractivity contribution in [1.29, 1.82) is 0 Å². The minimum Gasteiger partial charge on any atom is -0.353 e. The zero-order valence-electron chi connectivity index (χ0n) is 15.3. The van der Waals surface area contributed by atoms with E-state index in [4.69, 9.17) is 0 Å². The number of H-pyrrole nitrogens is 1. The van der Waals surface area contributed by atoms with Gasteiger partial charge >= 0.3 is 0 Å². The van der Waals surface area contributed by atoms with Crippen molar-refractivity contribution in [2.45, 2.75) is 50.0 Å². The highest BCUT2D eigenvalue weighted by atomic mass is 32.2. The Labute approximate surface area is 158 Å². The van der Waals surface area contributed by atoms with Gasteiger partial charge in [-0.05, 0) is 48.4 Å². The molecule has 0 aliphatic heterocycles. The zero-order chi connectivity index (χ0) is 19.4. The van der Waals surface area contributed by atoms with Gasteiger partial charge in [0.05, 0.1) is 4.90 Å². The number of amides is 1. The number of nitrogens with one attached hydrogen (secondary N) is 3. The van der Waals surface area contributed by atoms with E-state index in [1.54, 1.807) is 12.1 Å². The number of fused-ring (bicyclic) bond motifs is 1. The number of pyridine rings is 1. The van der Waals surface area contributed by atoms with E-state index < -0.39 is 10.0 Å². The van der Waals surface area contributed by atoms with E-state index in [0.717, 1.165) is 19.3 Å². The van der Waals surface area contributed by atoms with Crippen LogP contribution in [0.2, 0.25) is 0 Å². The molecule has 1 aliphatic carbocycles. The predicted octanol–water partition coefficient (Wildman–Crippen LogP) is 1.89. The lowest BCUT2D eigenvalue weighted by Gasteiger charge is -2.29. The number of carbonyl (C=O) groups is 1. The number of hydrogen-bond acceptors (Lipinski definition) is 4. The van der Waals surface area contributed by atoms with Gasteiger partial charge in [-0.2, -0.15) is 0 Å². The second-order valence-electron chi connectivity index (χ2n) is 7.16. The van der Waals surface area contributed by atoms with E-state index in [1.165, 1.54) is 24.6 Å². The Morgan fingerprint density at radius 2 is 1.96 bits per heavy atom. The Bertz CT molecular complexity index is 984. The number of aromatic amines is 1. The van der Waals surface area contributed by atoms with Crippen molar-refractivity contribution in [3.8, 4) is 0 Å². The summed E-state index contributed by atoms with van der Waals surface area (Å²) >= 11 is 0. The lowest BCUT2D eigenvalue weighted by molar-refractivity contribution is -0.122. The molecular weight excluding hydrogens is 366 g/mol. The molecule has 1 aromatic heterocycles. The summed E-state index contributed by atoms with van der Waals surface area (Å²) in [6, 6.07) is 7.60. The molecule has 1 fully saturated rings. The van der Waals surface area contributed by atoms with Crippen molar-refractivity contribution < 1.29 is 13.2 Å². The molecule has 0 radical (unpaired) electrons. The molecule has 0 unspecified atom stereocenters. The number of sulfonamides is 1. The van der Waals surface area contributed by atoms with E-state index >= 15 is 0 Å². The van der Waals surface area contributed by atoms with Gasteiger partial charge < -0.3 is 10.3 Å². The van der Waals surface area contributed by atoms with Crippen molar-refractivity contribution >= 4 is 26.8 Å². The van der Waals surface area contributed by atoms with Gasteiger partial charge in [-0.1, -0.05) is 19.8 Å². The predicted molar refractivity (Wildman–Crippen MR) is 104 cm³/mol. The van der Waals surface area contributed by atoms with Gasteiger partial charge in [0.2, 0.25) is 21.5 Å². The lowest BCUT2D eigenvalue weighted by Crippen LogP contribution is -2.42. The fourth-order valence-corrected chi connectivity index (χ4v) is 4.56. The van der Waals surface area contributed by atoms with Crippen LogP contribution in [0, 0.1) is 5.92 Å². The van der Waals surface area contributed by atoms with Crippen LogP contribution in [0.15, 0.2) is 40.0 Å². The zero-order valence-corrected chi connectivity index (χ0v) is 16.1. The Morgan fingerprint density at radius 1 is 1.19 bits per heavy atom. The highest BCUT2D eigenvalue weighted by Crippen LogP contribution is 2.23. The standard InChI is InChI=1S/C19H25N3O4S/c1-13-4-2-3-5-16(13)21-19(24)10-11-20-27(25,26)15-7-8-17-14(12-15)6-9-18(23)22-17/h6-9,12-13,16,20H,2-5,10-11H2,1H3,(H,21,24)(H,22,23)/t13-,16-/m1/s1. The van der Waals surface area contributed by atoms with E-state index in [1.807, 2.05) is 0 Å². The fraction of sp³-hybridized carbons (Fsp3) is 0.474. The van der Waals surface area contributed by atoms with E-state index in [2.05, 4.69) is 21.9 Å². The van der Waals surface area contributed by atoms with Gasteiger partial charge in [-0.15, -0.1) is 0 Å². The summed E-state index contributed by atoms with van der Waals surface area (Å²) < 4.78 is 27.4. The first kappa shape index (κ1) is 19.6. The quantitative estimate of drug-likeness (QED) is 0.699. The SMILES string of the molecule is C[C@@H]1CCCC[C@H]1NC(=O)CCNS(=O)(=O)c1ccc2[nH]c(=O)ccc2c1. The number of carbonyl (C=O) groups excluding carboxylic acids is 1. The van der Waals surface area contributed by atoms with Crippen molar-refractivity contribution in [2.75, 3.05) is 6.54 Å². The van der Waals surface area contributed by atoms with Crippen LogP contribution in [-0.2, 0) is 14.8 Å². The second kappa shape index (κ2) is 8.22. The summed E-state index contributed by atoms with van der Waals surface area (Å²) in [5, 5.41) is 3.64. The topological polar surface area (TPSA) is 108 Å². The summed E-state index contributed by atoms with van der Waals surface area (Å²) in [6.45, 7) is 2.18. The largest absolute Gasteiger partial charge is 0.353 e. The van der Waals surface area contributed by atoms with Crippen LogP contribution in [0.25, 0.3) is 10.9 Å². The molecule has 1 saturated carbocycles. The van der Waals surface area contributed by atoms with E-state index in [0.29, 0.717) is 16.8 Å². The number of benzene rings is 1. The Kier molecular flexibility index (Phi) is 5.96. The van der Waals surface area contributed by atoms with Crippen LogP contribution in [-0.4, -0.2) is 31.9 Å². The third-order valence-electron chi connectivity index (χ3n) is 5.11. The van der Waals surface area contributed by atoms with Crippen molar-refractivity contribution in [3.63, 3.8) is 0 Å². The van der Waals surface area contributed by atoms with Crippen LogP contribution >= 0.6 is 0 Å². The van der Waals surface area contributed by atoms with Crippen LogP contribution in [0.3, 0.4) is 0 Å². The molecule has 0 saturated heterocycles. The van der Waals surface area contributed by atoms with Crippen molar-refractivity contribution in [1.82, 2.24) is 15.0 Å². The van der Waals surface area contributed by atoms with Gasteiger partial charge in [0.1, 0.15) is 0 Å². The van der Waals surface area contributed by atoms with Gasteiger partial charge in [0, 0.05) is 30.6 Å². The molecule has 8 heteroatoms. The molecule has 1 aromatic carbocycles. The molecular formula is C19H25N3O4S. The third kappa shape index (κ3) is 4.95. The number of rotatable bonds is 6. The molecule has 2 atom stereocenters. The molecule has 3 N–H and O–H groups in total. The Morgan fingerprint density at radius 3 is 2.74 bits per heavy atom. The van der Waals surface area contributed by atoms with Crippen LogP contribution in [0.5, 0.6) is 0 Å². The first-order valence-corrected chi connectivity index (χ1v) is 10.8. The molecule has 3 rings (SSSR count). The monoisotopic (exact) mass is 391 g/mol. The summed E-state index contributed by atoms with van der Waals surface area (Å²) in [6.07, 6.45) is 4.52. The van der Waals surface area contributed by atoms with Crippen LogP contribution in [0.4, 0.5) is 0 Å². The highest BCUT2D eigenvalue weighted by molar-refractivity contribution is 7.89. The van der Waals surface area contributed by atoms with Crippen molar-refractivity contribution in [3.05, 3.63) is 40.7 Å². The fourth-order valence-electron chi connectivity index (χ4n) is 3.49. The summed E-state index contributed by atoms with van der Waals surface area (Å²) in [5.41, 5.74) is 0.331. The summed E-state index contributed by atoms with van der Waals surface area (Å²) in [5.74, 6) is 0.330. The Hall–Kier alpha value is -2.19. The minimum atomic E-state index is -3.72. The van der Waals surface area contributed by atoms with Gasteiger partial charge in [-0.3, -0.25) is 9.59 Å². The van der Waals surface area contributed by atoms with Gasteiger partial charge in [0.25, 0.3) is 0 Å². The smallest absolute Gasteiger partial charge is 0.248 e. The number of aromatic nitrogens is 1. The third-order valence-corrected chi connectivity index (χ3v) is 6.57. The second-order valence-corrected chi connectivity index (χ2v) is 8.92. The lowest BCUT2D eigenvalue weighted by atomic mass is 9.86. The molecule has 146 valence electrons. The van der Waals surface area contributed by atoms with Crippen LogP contribution < -0.4 is 15.6 Å². The average molecular weight is 391 g/mol. The molecule has 2 aromatic rings. The Balaban J connectivity index is 1.57. The first-order chi connectivity index (χ1) is 12.8. The molecule has 27 heavy (non-hydrogen) atoms.